The summed E-state index contributed by atoms with van der Waals surface area (Å²) in [7, 11) is 1.08. The number of ether oxygens (including phenoxy) is 3. The SMILES string of the molecule is CC(O)[C@@H](NC(=O)COCCOCCN)C(=O)NN(C)C(=O)[C@@H](CC(N)=O)NC(=O)N[C@H](COCc1ccccc1)C(=O)O. The molecule has 1 unspecified atom stereocenters. The number of nitrogens with zero attached hydrogens (tertiary/aromatic N) is 1. The second-order valence-electron chi connectivity index (χ2n) is 9.35. The van der Waals surface area contributed by atoms with Crippen LogP contribution in [0.1, 0.15) is 18.9 Å². The number of nitrogens with one attached hydrogen (secondary N) is 4. The minimum Gasteiger partial charge on any atom is -0.480 e. The van der Waals surface area contributed by atoms with Crippen LogP contribution in [0.15, 0.2) is 30.3 Å². The fourth-order valence-corrected chi connectivity index (χ4v) is 3.42. The Bertz CT molecular complexity index is 1090. The second kappa shape index (κ2) is 20.5. The van der Waals surface area contributed by atoms with E-state index in [1.54, 1.807) is 30.3 Å². The number of urea groups is 1. The lowest BCUT2D eigenvalue weighted by Gasteiger charge is -2.28. The molecule has 0 aliphatic carbocycles. The third kappa shape index (κ3) is 15.2. The molecule has 18 heteroatoms. The Balaban J connectivity index is 2.74. The molecule has 18 nitrogen and oxygen atoms in total. The Hall–Kier alpha value is -4.36. The summed E-state index contributed by atoms with van der Waals surface area (Å²) in [5.74, 6) is -5.21. The van der Waals surface area contributed by atoms with E-state index in [2.05, 4.69) is 21.4 Å². The first kappa shape index (κ1) is 37.7. The Morgan fingerprint density at radius 1 is 0.932 bits per heavy atom. The van der Waals surface area contributed by atoms with Crippen molar-refractivity contribution in [2.75, 3.05) is 46.6 Å². The molecule has 0 bridgehead atoms. The zero-order chi connectivity index (χ0) is 33.1. The molecule has 6 amide bonds. The zero-order valence-corrected chi connectivity index (χ0v) is 24.5. The zero-order valence-electron chi connectivity index (χ0n) is 24.5. The molecule has 44 heavy (non-hydrogen) atoms. The van der Waals surface area contributed by atoms with E-state index in [-0.39, 0.29) is 19.8 Å². The molecular formula is C26H41N7O11. The third-order valence-electron chi connectivity index (χ3n) is 5.57. The first-order valence-electron chi connectivity index (χ1n) is 13.5. The Morgan fingerprint density at radius 3 is 2.16 bits per heavy atom. The van der Waals surface area contributed by atoms with Crippen LogP contribution < -0.4 is 32.8 Å². The van der Waals surface area contributed by atoms with Gasteiger partial charge in [0.2, 0.25) is 11.8 Å². The first-order valence-corrected chi connectivity index (χ1v) is 13.5. The standard InChI is InChI=1S/C26H41N7O11/c1-16(34)22(31-21(36)15-43-11-10-42-9-8-27)23(37)32-33(2)24(38)18(12-20(28)35)29-26(41)30-19(25(39)40)14-44-13-17-6-4-3-5-7-17/h3-7,16,18-19,22,34H,8-15,27H2,1-2H3,(H2,28,35)(H,31,36)(H,32,37)(H,39,40)(H2,29,30,41)/t16?,18-,19-,22-/m1/s1. The van der Waals surface area contributed by atoms with E-state index >= 15 is 0 Å². The van der Waals surface area contributed by atoms with Crippen LogP contribution >= 0.6 is 0 Å². The highest BCUT2D eigenvalue weighted by molar-refractivity contribution is 5.94. The van der Waals surface area contributed by atoms with Gasteiger partial charge < -0.3 is 51.8 Å². The molecule has 4 atom stereocenters. The van der Waals surface area contributed by atoms with E-state index in [0.29, 0.717) is 18.2 Å². The van der Waals surface area contributed by atoms with Crippen LogP contribution in [0.4, 0.5) is 4.79 Å². The van der Waals surface area contributed by atoms with Crippen molar-refractivity contribution in [3.8, 4) is 0 Å². The molecule has 0 spiro atoms. The number of aliphatic carboxylic acids is 1. The summed E-state index contributed by atoms with van der Waals surface area (Å²) in [6.45, 7) is 1.34. The number of aliphatic hydroxyl groups is 1. The maximum absolute atomic E-state index is 13.0. The molecular weight excluding hydrogens is 586 g/mol. The van der Waals surface area contributed by atoms with Gasteiger partial charge in [0.05, 0.1) is 45.6 Å². The van der Waals surface area contributed by atoms with E-state index in [9.17, 15) is 39.0 Å². The van der Waals surface area contributed by atoms with Crippen molar-refractivity contribution in [2.45, 2.75) is 44.2 Å². The highest BCUT2D eigenvalue weighted by Gasteiger charge is 2.31. The maximum Gasteiger partial charge on any atom is 0.328 e. The van der Waals surface area contributed by atoms with Gasteiger partial charge in [-0.2, -0.15) is 0 Å². The van der Waals surface area contributed by atoms with Gasteiger partial charge in [0.25, 0.3) is 11.8 Å². The third-order valence-corrected chi connectivity index (χ3v) is 5.57. The number of hydrogen-bond donors (Lipinski definition) is 8. The topological polar surface area (TPSA) is 274 Å². The second-order valence-corrected chi connectivity index (χ2v) is 9.35. The highest BCUT2D eigenvalue weighted by atomic mass is 16.5. The molecule has 1 aromatic carbocycles. The van der Waals surface area contributed by atoms with Gasteiger partial charge in [-0.05, 0) is 12.5 Å². The van der Waals surface area contributed by atoms with E-state index in [4.69, 9.17) is 25.7 Å². The van der Waals surface area contributed by atoms with Crippen molar-refractivity contribution in [2.24, 2.45) is 11.5 Å². The number of benzene rings is 1. The molecule has 0 saturated heterocycles. The van der Waals surface area contributed by atoms with Gasteiger partial charge >= 0.3 is 12.0 Å². The minimum absolute atomic E-state index is 0.0754. The van der Waals surface area contributed by atoms with Crippen LogP contribution in [-0.2, 0) is 44.8 Å². The van der Waals surface area contributed by atoms with Crippen molar-refractivity contribution < 1.29 is 53.2 Å². The molecule has 1 aromatic rings. The van der Waals surface area contributed by atoms with Gasteiger partial charge in [-0.25, -0.2) is 9.59 Å². The molecule has 0 fully saturated rings. The number of nitrogens with two attached hydrogens (primary N) is 2. The predicted molar refractivity (Wildman–Crippen MR) is 152 cm³/mol. The smallest absolute Gasteiger partial charge is 0.328 e. The van der Waals surface area contributed by atoms with Gasteiger partial charge in [0, 0.05) is 13.6 Å². The lowest BCUT2D eigenvalue weighted by molar-refractivity contribution is -0.144. The van der Waals surface area contributed by atoms with E-state index in [0.717, 1.165) is 12.6 Å². The number of carbonyl (C=O) groups is 6. The number of rotatable bonds is 20. The number of carboxylic acids is 1. The number of hydrazine groups is 1. The Morgan fingerprint density at radius 2 is 1.57 bits per heavy atom. The highest BCUT2D eigenvalue weighted by Crippen LogP contribution is 2.03. The van der Waals surface area contributed by atoms with Crippen molar-refractivity contribution in [1.29, 1.82) is 0 Å². The van der Waals surface area contributed by atoms with Crippen LogP contribution in [0.2, 0.25) is 0 Å². The summed E-state index contributed by atoms with van der Waals surface area (Å²) in [5, 5.41) is 26.6. The van der Waals surface area contributed by atoms with E-state index in [1.807, 2.05) is 0 Å². The van der Waals surface area contributed by atoms with Crippen molar-refractivity contribution in [3.63, 3.8) is 0 Å². The summed E-state index contributed by atoms with van der Waals surface area (Å²) >= 11 is 0. The van der Waals surface area contributed by atoms with Crippen molar-refractivity contribution >= 4 is 35.6 Å². The largest absolute Gasteiger partial charge is 0.480 e. The number of carbonyl (C=O) groups excluding carboxylic acids is 5. The van der Waals surface area contributed by atoms with Crippen LogP contribution in [0.5, 0.6) is 0 Å². The molecule has 246 valence electrons. The molecule has 0 aromatic heterocycles. The molecule has 1 rings (SSSR count). The maximum atomic E-state index is 13.0. The molecule has 0 heterocycles. The normalized spacial score (nSPS) is 13.5. The molecule has 10 N–H and O–H groups in total. The van der Waals surface area contributed by atoms with Gasteiger partial charge in [0.15, 0.2) is 6.04 Å². The van der Waals surface area contributed by atoms with E-state index in [1.165, 1.54) is 6.92 Å². The van der Waals surface area contributed by atoms with Gasteiger partial charge in [-0.1, -0.05) is 30.3 Å². The van der Waals surface area contributed by atoms with Gasteiger partial charge in [-0.3, -0.25) is 29.6 Å². The Kier molecular flexibility index (Phi) is 17.6. The van der Waals surface area contributed by atoms with Crippen LogP contribution in [0.25, 0.3) is 0 Å². The summed E-state index contributed by atoms with van der Waals surface area (Å²) in [6, 6.07) is 3.07. The van der Waals surface area contributed by atoms with Crippen molar-refractivity contribution in [1.82, 2.24) is 26.4 Å². The van der Waals surface area contributed by atoms with Gasteiger partial charge in [-0.15, -0.1) is 0 Å². The fraction of sp³-hybridized carbons (Fsp3) is 0.538. The van der Waals surface area contributed by atoms with Crippen LogP contribution in [-0.4, -0.2) is 122 Å². The fourth-order valence-electron chi connectivity index (χ4n) is 3.42. The van der Waals surface area contributed by atoms with Crippen molar-refractivity contribution in [3.05, 3.63) is 35.9 Å². The minimum atomic E-state index is -1.63. The monoisotopic (exact) mass is 627 g/mol. The number of hydrogen-bond acceptors (Lipinski definition) is 11. The van der Waals surface area contributed by atoms with E-state index < -0.39 is 79.5 Å². The first-order chi connectivity index (χ1) is 20.8. The average Bonchev–Trinajstić information content (AvgIpc) is 2.96. The quantitative estimate of drug-likeness (QED) is 0.0518. The van der Waals surface area contributed by atoms with Crippen LogP contribution in [0, 0.1) is 0 Å². The summed E-state index contributed by atoms with van der Waals surface area (Å²) in [4.78, 5) is 73.7. The Labute approximate surface area is 253 Å². The number of aliphatic hydroxyl groups excluding tert-OH is 1. The summed E-state index contributed by atoms with van der Waals surface area (Å²) in [6.07, 6.45) is -2.12. The number of carboxylic acid groups (broad SMARTS) is 1. The number of likely N-dealkylation sites (N-methyl/N-ethyl adjacent to an activating group) is 1. The lowest BCUT2D eigenvalue weighted by atomic mass is 10.1. The summed E-state index contributed by atoms with van der Waals surface area (Å²) in [5.41, 5.74) is 13.4. The average molecular weight is 628 g/mol. The number of primary amides is 1. The molecule has 0 aliphatic heterocycles. The molecule has 0 radical (unpaired) electrons. The molecule has 0 saturated carbocycles. The van der Waals surface area contributed by atoms with Gasteiger partial charge in [0.1, 0.15) is 18.7 Å². The summed E-state index contributed by atoms with van der Waals surface area (Å²) < 4.78 is 15.6. The molecule has 0 aliphatic rings. The van der Waals surface area contributed by atoms with Crippen LogP contribution in [0.3, 0.4) is 0 Å². The predicted octanol–water partition coefficient (Wildman–Crippen LogP) is -3.45. The lowest BCUT2D eigenvalue weighted by Crippen LogP contribution is -2.61. The number of amides is 6.